The molecule has 0 radical (unpaired) electrons. The summed E-state index contributed by atoms with van der Waals surface area (Å²) in [5, 5.41) is 0. The Bertz CT molecular complexity index is 280. The number of carbonyl (C=O) groups is 1. The van der Waals surface area contributed by atoms with Crippen molar-refractivity contribution in [1.82, 2.24) is 4.90 Å². The number of piperidine rings is 1. The molecule has 0 bridgehead atoms. The molecular formula is C14H26N2OS. The van der Waals surface area contributed by atoms with Crippen molar-refractivity contribution < 1.29 is 4.79 Å². The molecule has 2 aliphatic rings. The third kappa shape index (κ3) is 3.21. The number of amides is 1. The summed E-state index contributed by atoms with van der Waals surface area (Å²) in [6.07, 6.45) is 10.8. The van der Waals surface area contributed by atoms with E-state index >= 15 is 0 Å². The topological polar surface area (TPSA) is 46.3 Å². The molecule has 2 rings (SSSR count). The van der Waals surface area contributed by atoms with Gasteiger partial charge in [-0.2, -0.15) is 11.8 Å². The first-order chi connectivity index (χ1) is 8.67. The summed E-state index contributed by atoms with van der Waals surface area (Å²) in [5.41, 5.74) is 6.56. The van der Waals surface area contributed by atoms with Crippen LogP contribution < -0.4 is 5.73 Å². The van der Waals surface area contributed by atoms with E-state index in [0.29, 0.717) is 5.41 Å². The standard InChI is InChI=1S/C14H26N2OS/c1-18-11-4-12(15)13(17)16-9-7-14(8-10-16)5-2-3-6-14/h12H,2-11,15H2,1H3/t12-/m0/s1. The zero-order valence-electron chi connectivity index (χ0n) is 11.5. The van der Waals surface area contributed by atoms with E-state index in [1.54, 1.807) is 11.8 Å². The largest absolute Gasteiger partial charge is 0.341 e. The van der Waals surface area contributed by atoms with E-state index in [4.69, 9.17) is 5.73 Å². The number of likely N-dealkylation sites (tertiary alicyclic amines) is 1. The van der Waals surface area contributed by atoms with Crippen molar-refractivity contribution in [3.05, 3.63) is 0 Å². The number of nitrogens with two attached hydrogens (primary N) is 1. The number of hydrogen-bond donors (Lipinski definition) is 1. The quantitative estimate of drug-likeness (QED) is 0.852. The van der Waals surface area contributed by atoms with Crippen molar-refractivity contribution in [2.45, 2.75) is 51.0 Å². The van der Waals surface area contributed by atoms with Crippen LogP contribution in [0.5, 0.6) is 0 Å². The summed E-state index contributed by atoms with van der Waals surface area (Å²) in [7, 11) is 0. The van der Waals surface area contributed by atoms with Crippen LogP contribution >= 0.6 is 11.8 Å². The molecule has 1 amide bonds. The maximum absolute atomic E-state index is 12.2. The van der Waals surface area contributed by atoms with Gasteiger partial charge in [-0.3, -0.25) is 4.79 Å². The van der Waals surface area contributed by atoms with Crippen molar-refractivity contribution in [2.24, 2.45) is 11.1 Å². The minimum atomic E-state index is -0.282. The van der Waals surface area contributed by atoms with Gasteiger partial charge in [-0.05, 0) is 49.5 Å². The maximum Gasteiger partial charge on any atom is 0.239 e. The molecule has 104 valence electrons. The summed E-state index contributed by atoms with van der Waals surface area (Å²) in [5.74, 6) is 1.15. The summed E-state index contributed by atoms with van der Waals surface area (Å²) >= 11 is 1.76. The number of hydrogen-bond acceptors (Lipinski definition) is 3. The number of nitrogens with zero attached hydrogens (tertiary/aromatic N) is 1. The van der Waals surface area contributed by atoms with E-state index in [1.807, 2.05) is 4.90 Å². The smallest absolute Gasteiger partial charge is 0.239 e. The number of thioether (sulfide) groups is 1. The molecular weight excluding hydrogens is 244 g/mol. The lowest BCUT2D eigenvalue weighted by Crippen LogP contribution is -2.49. The summed E-state index contributed by atoms with van der Waals surface area (Å²) in [4.78, 5) is 14.2. The lowest BCUT2D eigenvalue weighted by molar-refractivity contribution is -0.134. The van der Waals surface area contributed by atoms with Crippen molar-refractivity contribution >= 4 is 17.7 Å². The number of carbonyl (C=O) groups excluding carboxylic acids is 1. The van der Waals surface area contributed by atoms with Crippen molar-refractivity contribution in [1.29, 1.82) is 0 Å². The Kier molecular flexibility index (Phi) is 4.96. The van der Waals surface area contributed by atoms with Crippen LogP contribution in [0.3, 0.4) is 0 Å². The van der Waals surface area contributed by atoms with Gasteiger partial charge in [0.15, 0.2) is 0 Å². The first-order valence-corrected chi connectivity index (χ1v) is 8.60. The SMILES string of the molecule is CSCC[C@H](N)C(=O)N1CCC2(CCCC2)CC1. The predicted molar refractivity (Wildman–Crippen MR) is 77.7 cm³/mol. The average Bonchev–Trinajstić information content (AvgIpc) is 2.84. The van der Waals surface area contributed by atoms with E-state index in [9.17, 15) is 4.79 Å². The molecule has 1 atom stereocenters. The Balaban J connectivity index is 1.79. The third-order valence-corrected chi connectivity index (χ3v) is 5.39. The van der Waals surface area contributed by atoms with Gasteiger partial charge in [-0.1, -0.05) is 12.8 Å². The minimum Gasteiger partial charge on any atom is -0.341 e. The van der Waals surface area contributed by atoms with Gasteiger partial charge in [0.2, 0.25) is 5.91 Å². The fourth-order valence-electron chi connectivity index (χ4n) is 3.43. The van der Waals surface area contributed by atoms with E-state index < -0.39 is 0 Å². The molecule has 0 unspecified atom stereocenters. The fraction of sp³-hybridized carbons (Fsp3) is 0.929. The summed E-state index contributed by atoms with van der Waals surface area (Å²) in [6.45, 7) is 1.87. The van der Waals surface area contributed by atoms with Crippen molar-refractivity contribution in [3.8, 4) is 0 Å². The van der Waals surface area contributed by atoms with Crippen LogP contribution in [-0.4, -0.2) is 41.9 Å². The van der Waals surface area contributed by atoms with Crippen LogP contribution in [0.4, 0.5) is 0 Å². The zero-order chi connectivity index (χ0) is 13.0. The second kappa shape index (κ2) is 6.29. The fourth-order valence-corrected chi connectivity index (χ4v) is 3.92. The normalized spacial score (nSPS) is 24.4. The first-order valence-electron chi connectivity index (χ1n) is 7.20. The van der Waals surface area contributed by atoms with Crippen LogP contribution in [0, 0.1) is 5.41 Å². The van der Waals surface area contributed by atoms with E-state index in [0.717, 1.165) is 25.3 Å². The molecule has 0 aromatic heterocycles. The summed E-state index contributed by atoms with van der Waals surface area (Å²) in [6, 6.07) is -0.282. The molecule has 1 heterocycles. The lowest BCUT2D eigenvalue weighted by atomic mass is 9.77. The second-order valence-corrected chi connectivity index (χ2v) is 6.91. The van der Waals surface area contributed by atoms with E-state index in [2.05, 4.69) is 6.26 Å². The van der Waals surface area contributed by atoms with Crippen LogP contribution in [-0.2, 0) is 4.79 Å². The van der Waals surface area contributed by atoms with Crippen LogP contribution in [0.15, 0.2) is 0 Å². The van der Waals surface area contributed by atoms with Gasteiger partial charge >= 0.3 is 0 Å². The predicted octanol–water partition coefficient (Wildman–Crippen LogP) is 2.25. The number of rotatable bonds is 4. The van der Waals surface area contributed by atoms with Crippen LogP contribution in [0.25, 0.3) is 0 Å². The van der Waals surface area contributed by atoms with Gasteiger partial charge in [-0.15, -0.1) is 0 Å². The van der Waals surface area contributed by atoms with Crippen LogP contribution in [0.1, 0.15) is 44.9 Å². The highest BCUT2D eigenvalue weighted by atomic mass is 32.2. The molecule has 1 saturated carbocycles. The Morgan fingerprint density at radius 2 is 1.89 bits per heavy atom. The minimum absolute atomic E-state index is 0.178. The van der Waals surface area contributed by atoms with E-state index in [1.165, 1.54) is 38.5 Å². The van der Waals surface area contributed by atoms with Crippen molar-refractivity contribution in [3.63, 3.8) is 0 Å². The zero-order valence-corrected chi connectivity index (χ0v) is 12.3. The lowest BCUT2D eigenvalue weighted by Gasteiger charge is -2.40. The van der Waals surface area contributed by atoms with Gasteiger partial charge in [0.1, 0.15) is 0 Å². The Hall–Kier alpha value is -0.220. The molecule has 18 heavy (non-hydrogen) atoms. The molecule has 1 aliphatic heterocycles. The molecule has 0 aromatic carbocycles. The summed E-state index contributed by atoms with van der Waals surface area (Å²) < 4.78 is 0. The molecule has 1 aliphatic carbocycles. The van der Waals surface area contributed by atoms with Gasteiger partial charge in [-0.25, -0.2) is 0 Å². The Morgan fingerprint density at radius 1 is 1.28 bits per heavy atom. The highest BCUT2D eigenvalue weighted by Crippen LogP contribution is 2.46. The molecule has 3 nitrogen and oxygen atoms in total. The molecule has 0 aromatic rings. The molecule has 4 heteroatoms. The van der Waals surface area contributed by atoms with Gasteiger partial charge < -0.3 is 10.6 Å². The second-order valence-electron chi connectivity index (χ2n) is 5.92. The highest BCUT2D eigenvalue weighted by Gasteiger charge is 2.38. The monoisotopic (exact) mass is 270 g/mol. The van der Waals surface area contributed by atoms with E-state index in [-0.39, 0.29) is 11.9 Å². The molecule has 1 saturated heterocycles. The maximum atomic E-state index is 12.2. The van der Waals surface area contributed by atoms with Crippen molar-refractivity contribution in [2.75, 3.05) is 25.1 Å². The highest BCUT2D eigenvalue weighted by molar-refractivity contribution is 7.98. The first kappa shape index (κ1) is 14.2. The molecule has 1 spiro atoms. The van der Waals surface area contributed by atoms with Gasteiger partial charge in [0.25, 0.3) is 0 Å². The van der Waals surface area contributed by atoms with Gasteiger partial charge in [0, 0.05) is 13.1 Å². The molecule has 2 N–H and O–H groups in total. The average molecular weight is 270 g/mol. The molecule has 2 fully saturated rings. The van der Waals surface area contributed by atoms with Crippen LogP contribution in [0.2, 0.25) is 0 Å². The Labute approximate surface area is 115 Å². The van der Waals surface area contributed by atoms with Gasteiger partial charge in [0.05, 0.1) is 6.04 Å². The third-order valence-electron chi connectivity index (χ3n) is 4.75. The Morgan fingerprint density at radius 3 is 2.44 bits per heavy atom.